The Hall–Kier alpha value is -1.66. The standard InChI is InChI=1S/C8H14O3.C7H12O3/c1-6(8(9)10)4-5-7(2)11-3;1-3-7(8)10-6-5-9-4-2/h7H,1,4-5H2,2-3H3,(H,9,10);3H,1,4-6H2,2H3. The maximum absolute atomic E-state index is 10.4. The first kappa shape index (κ1) is 21.6. The molecule has 6 heteroatoms. The molecule has 21 heavy (non-hydrogen) atoms. The van der Waals surface area contributed by atoms with Gasteiger partial charge in [0.1, 0.15) is 6.61 Å². The first-order valence-electron chi connectivity index (χ1n) is 6.69. The molecule has 0 aromatic carbocycles. The van der Waals surface area contributed by atoms with Crippen LogP contribution in [0.3, 0.4) is 0 Å². The minimum Gasteiger partial charge on any atom is -0.478 e. The molecule has 1 unspecified atom stereocenters. The molecule has 0 amide bonds. The van der Waals surface area contributed by atoms with E-state index in [-0.39, 0.29) is 11.7 Å². The molecule has 0 saturated carbocycles. The second-order valence-corrected chi connectivity index (χ2v) is 4.06. The third kappa shape index (κ3) is 16.3. The molecule has 0 radical (unpaired) electrons. The van der Waals surface area contributed by atoms with Crippen molar-refractivity contribution in [2.24, 2.45) is 0 Å². The van der Waals surface area contributed by atoms with Crippen molar-refractivity contribution in [1.29, 1.82) is 0 Å². The van der Waals surface area contributed by atoms with E-state index in [1.54, 1.807) is 7.11 Å². The summed E-state index contributed by atoms with van der Waals surface area (Å²) >= 11 is 0. The van der Waals surface area contributed by atoms with Crippen LogP contribution in [0.1, 0.15) is 26.7 Å². The fourth-order valence-electron chi connectivity index (χ4n) is 1.01. The van der Waals surface area contributed by atoms with Crippen LogP contribution in [-0.4, -0.2) is 50.1 Å². The number of carbonyl (C=O) groups excluding carboxylic acids is 1. The molecule has 1 atom stereocenters. The lowest BCUT2D eigenvalue weighted by molar-refractivity contribution is -0.139. The number of hydrogen-bond acceptors (Lipinski definition) is 5. The number of esters is 1. The van der Waals surface area contributed by atoms with E-state index < -0.39 is 11.9 Å². The van der Waals surface area contributed by atoms with E-state index in [1.165, 1.54) is 0 Å². The van der Waals surface area contributed by atoms with Crippen molar-refractivity contribution < 1.29 is 28.9 Å². The van der Waals surface area contributed by atoms with Crippen LogP contribution < -0.4 is 0 Å². The zero-order valence-electron chi connectivity index (χ0n) is 13.1. The van der Waals surface area contributed by atoms with Crippen LogP contribution in [0.25, 0.3) is 0 Å². The fraction of sp³-hybridized carbons (Fsp3) is 0.600. The van der Waals surface area contributed by atoms with E-state index in [2.05, 4.69) is 17.9 Å². The van der Waals surface area contributed by atoms with Crippen molar-refractivity contribution in [3.63, 3.8) is 0 Å². The Labute approximate surface area is 126 Å². The van der Waals surface area contributed by atoms with E-state index in [0.29, 0.717) is 32.7 Å². The highest BCUT2D eigenvalue weighted by Gasteiger charge is 2.06. The van der Waals surface area contributed by atoms with Gasteiger partial charge >= 0.3 is 11.9 Å². The van der Waals surface area contributed by atoms with Crippen LogP contribution in [0, 0.1) is 0 Å². The van der Waals surface area contributed by atoms with Crippen molar-refractivity contribution in [3.8, 4) is 0 Å². The number of carboxylic acid groups (broad SMARTS) is 1. The van der Waals surface area contributed by atoms with Gasteiger partial charge in [0.15, 0.2) is 0 Å². The Morgan fingerprint density at radius 2 is 1.95 bits per heavy atom. The molecule has 0 saturated heterocycles. The molecule has 0 spiro atoms. The maximum atomic E-state index is 10.4. The van der Waals surface area contributed by atoms with Gasteiger partial charge in [0.2, 0.25) is 0 Å². The van der Waals surface area contributed by atoms with Crippen LogP contribution >= 0.6 is 0 Å². The van der Waals surface area contributed by atoms with Gasteiger partial charge in [0.25, 0.3) is 0 Å². The summed E-state index contributed by atoms with van der Waals surface area (Å²) in [6.45, 7) is 11.8. The summed E-state index contributed by atoms with van der Waals surface area (Å²) in [4.78, 5) is 20.6. The van der Waals surface area contributed by atoms with Crippen molar-refractivity contribution >= 4 is 11.9 Å². The lowest BCUT2D eigenvalue weighted by Crippen LogP contribution is -2.07. The van der Waals surface area contributed by atoms with Gasteiger partial charge in [-0.3, -0.25) is 0 Å². The molecular weight excluding hydrogens is 276 g/mol. The molecule has 0 aliphatic heterocycles. The average Bonchev–Trinajstić information content (AvgIpc) is 2.48. The SMILES string of the molecule is C=C(CCC(C)OC)C(=O)O.C=CC(=O)OCCOCC. The van der Waals surface area contributed by atoms with Gasteiger partial charge in [0, 0.05) is 25.4 Å². The summed E-state index contributed by atoms with van der Waals surface area (Å²) in [7, 11) is 1.61. The predicted molar refractivity (Wildman–Crippen MR) is 80.1 cm³/mol. The number of hydrogen-bond donors (Lipinski definition) is 1. The predicted octanol–water partition coefficient (Wildman–Crippen LogP) is 2.19. The van der Waals surface area contributed by atoms with Gasteiger partial charge in [-0.15, -0.1) is 0 Å². The summed E-state index contributed by atoms with van der Waals surface area (Å²) in [6, 6.07) is 0. The van der Waals surface area contributed by atoms with Crippen molar-refractivity contribution in [2.75, 3.05) is 26.9 Å². The highest BCUT2D eigenvalue weighted by atomic mass is 16.6. The van der Waals surface area contributed by atoms with Crippen LogP contribution in [0.15, 0.2) is 24.8 Å². The van der Waals surface area contributed by atoms with E-state index in [9.17, 15) is 9.59 Å². The van der Waals surface area contributed by atoms with Crippen LogP contribution in [0.4, 0.5) is 0 Å². The van der Waals surface area contributed by atoms with Gasteiger partial charge in [0.05, 0.1) is 12.7 Å². The summed E-state index contributed by atoms with van der Waals surface area (Å²) in [5.41, 5.74) is 0.244. The number of carbonyl (C=O) groups is 2. The minimum atomic E-state index is -0.923. The van der Waals surface area contributed by atoms with Gasteiger partial charge in [-0.2, -0.15) is 0 Å². The highest BCUT2D eigenvalue weighted by Crippen LogP contribution is 2.06. The van der Waals surface area contributed by atoms with Gasteiger partial charge in [-0.25, -0.2) is 9.59 Å². The molecule has 0 heterocycles. The van der Waals surface area contributed by atoms with E-state index in [4.69, 9.17) is 14.6 Å². The van der Waals surface area contributed by atoms with Crippen molar-refractivity contribution in [3.05, 3.63) is 24.8 Å². The lowest BCUT2D eigenvalue weighted by Gasteiger charge is -2.07. The Bertz CT molecular complexity index is 324. The van der Waals surface area contributed by atoms with E-state index in [1.807, 2.05) is 13.8 Å². The summed E-state index contributed by atoms with van der Waals surface area (Å²) in [6.07, 6.45) is 2.43. The smallest absolute Gasteiger partial charge is 0.330 e. The molecule has 0 aromatic rings. The zero-order chi connectivity index (χ0) is 16.7. The van der Waals surface area contributed by atoms with E-state index in [0.717, 1.165) is 6.08 Å². The monoisotopic (exact) mass is 302 g/mol. The molecule has 0 rings (SSSR count). The minimum absolute atomic E-state index is 0.103. The Morgan fingerprint density at radius 1 is 1.33 bits per heavy atom. The first-order chi connectivity index (χ1) is 9.88. The molecular formula is C15H26O6. The molecule has 0 aromatic heterocycles. The number of methoxy groups -OCH3 is 1. The zero-order valence-corrected chi connectivity index (χ0v) is 13.1. The fourth-order valence-corrected chi connectivity index (χ4v) is 1.01. The number of carboxylic acids is 1. The van der Waals surface area contributed by atoms with E-state index >= 15 is 0 Å². The van der Waals surface area contributed by atoms with Crippen LogP contribution in [0.5, 0.6) is 0 Å². The molecule has 1 N–H and O–H groups in total. The summed E-state index contributed by atoms with van der Waals surface area (Å²) in [5.74, 6) is -1.33. The largest absolute Gasteiger partial charge is 0.478 e. The normalized spacial score (nSPS) is 10.8. The highest BCUT2D eigenvalue weighted by molar-refractivity contribution is 5.85. The molecule has 0 aliphatic carbocycles. The van der Waals surface area contributed by atoms with Crippen molar-refractivity contribution in [2.45, 2.75) is 32.8 Å². The topological polar surface area (TPSA) is 82.1 Å². The van der Waals surface area contributed by atoms with Crippen LogP contribution in [-0.2, 0) is 23.8 Å². The summed E-state index contributed by atoms with van der Waals surface area (Å²) in [5, 5.41) is 8.43. The molecule has 6 nitrogen and oxygen atoms in total. The molecule has 122 valence electrons. The second-order valence-electron chi connectivity index (χ2n) is 4.06. The average molecular weight is 302 g/mol. The quantitative estimate of drug-likeness (QED) is 0.378. The van der Waals surface area contributed by atoms with Gasteiger partial charge < -0.3 is 19.3 Å². The Morgan fingerprint density at radius 3 is 2.38 bits per heavy atom. The summed E-state index contributed by atoms with van der Waals surface area (Å²) < 4.78 is 14.5. The third-order valence-corrected chi connectivity index (χ3v) is 2.40. The third-order valence-electron chi connectivity index (χ3n) is 2.40. The Kier molecular flexibility index (Phi) is 15.2. The lowest BCUT2D eigenvalue weighted by atomic mass is 10.1. The number of aliphatic carboxylic acids is 1. The maximum Gasteiger partial charge on any atom is 0.330 e. The molecule has 0 aliphatic rings. The number of ether oxygens (including phenoxy) is 3. The number of rotatable bonds is 10. The van der Waals surface area contributed by atoms with Crippen molar-refractivity contribution in [1.82, 2.24) is 0 Å². The van der Waals surface area contributed by atoms with Gasteiger partial charge in [-0.05, 0) is 26.7 Å². The Balaban J connectivity index is 0. The van der Waals surface area contributed by atoms with Gasteiger partial charge in [-0.1, -0.05) is 13.2 Å². The molecule has 0 fully saturated rings. The second kappa shape index (κ2) is 14.7. The molecule has 0 bridgehead atoms. The van der Waals surface area contributed by atoms with Crippen LogP contribution in [0.2, 0.25) is 0 Å². The first-order valence-corrected chi connectivity index (χ1v) is 6.69.